The predicted octanol–water partition coefficient (Wildman–Crippen LogP) is 3.47. The van der Waals surface area contributed by atoms with Gasteiger partial charge >= 0.3 is 6.98 Å². The molecular weight excluding hydrogens is 268 g/mol. The molecule has 0 radical (unpaired) electrons. The molecular formula is C14H19BF3O2-. The second-order valence-corrected chi connectivity index (χ2v) is 6.42. The third-order valence-corrected chi connectivity index (χ3v) is 3.51. The number of hydrogen-bond acceptors (Lipinski definition) is 2. The lowest BCUT2D eigenvalue weighted by Crippen LogP contribution is -2.37. The standard InChI is InChI=1S/C14H19BF3O2/c1-13(2)9-12(14(3,4)20-13)19-11-7-5-6-10(8-11)15(16,17)18/h5-8,12H,9H2,1-4H3/q-1. The largest absolute Gasteiger partial charge is 0.509 e. The molecule has 112 valence electrons. The first-order chi connectivity index (χ1) is 9.00. The minimum atomic E-state index is -5.01. The summed E-state index contributed by atoms with van der Waals surface area (Å²) in [6, 6.07) is 5.04. The van der Waals surface area contributed by atoms with E-state index in [1.807, 2.05) is 27.7 Å². The fourth-order valence-corrected chi connectivity index (χ4v) is 2.65. The first-order valence-corrected chi connectivity index (χ1v) is 6.66. The lowest BCUT2D eigenvalue weighted by Gasteiger charge is -2.28. The van der Waals surface area contributed by atoms with Crippen molar-refractivity contribution in [1.82, 2.24) is 0 Å². The molecule has 0 N–H and O–H groups in total. The maximum absolute atomic E-state index is 12.7. The number of ether oxygens (including phenoxy) is 2. The van der Waals surface area contributed by atoms with Gasteiger partial charge in [0.25, 0.3) is 0 Å². The second kappa shape index (κ2) is 4.69. The minimum Gasteiger partial charge on any atom is -0.487 e. The number of hydrogen-bond donors (Lipinski definition) is 0. The first-order valence-electron chi connectivity index (χ1n) is 6.66. The van der Waals surface area contributed by atoms with E-state index < -0.39 is 18.0 Å². The van der Waals surface area contributed by atoms with Gasteiger partial charge in [0.05, 0.1) is 5.60 Å². The molecule has 0 aromatic heterocycles. The van der Waals surface area contributed by atoms with E-state index in [1.54, 1.807) is 6.07 Å². The summed E-state index contributed by atoms with van der Waals surface area (Å²) in [5.41, 5.74) is -1.50. The van der Waals surface area contributed by atoms with Gasteiger partial charge in [-0.05, 0) is 39.8 Å². The van der Waals surface area contributed by atoms with Crippen LogP contribution < -0.4 is 10.2 Å². The maximum atomic E-state index is 12.7. The Kier molecular flexibility index (Phi) is 3.57. The van der Waals surface area contributed by atoms with Crippen LogP contribution >= 0.6 is 0 Å². The van der Waals surface area contributed by atoms with Crippen LogP contribution in [-0.2, 0) is 4.74 Å². The average Bonchev–Trinajstić information content (AvgIpc) is 2.45. The molecule has 20 heavy (non-hydrogen) atoms. The molecule has 1 saturated heterocycles. The SMILES string of the molecule is CC1(C)CC(Oc2cccc([B-](F)(F)F)c2)C(C)(C)O1. The van der Waals surface area contributed by atoms with Gasteiger partial charge in [0.15, 0.2) is 0 Å². The van der Waals surface area contributed by atoms with Crippen molar-refractivity contribution >= 4 is 12.4 Å². The Morgan fingerprint density at radius 1 is 1.20 bits per heavy atom. The number of benzene rings is 1. The molecule has 1 heterocycles. The molecule has 0 spiro atoms. The Labute approximate surface area is 117 Å². The van der Waals surface area contributed by atoms with Crippen LogP contribution in [0, 0.1) is 0 Å². The van der Waals surface area contributed by atoms with Crippen LogP contribution in [0.4, 0.5) is 12.9 Å². The van der Waals surface area contributed by atoms with E-state index in [2.05, 4.69) is 0 Å². The predicted molar refractivity (Wildman–Crippen MR) is 73.4 cm³/mol. The highest BCUT2D eigenvalue weighted by Gasteiger charge is 2.47. The molecule has 0 bridgehead atoms. The Morgan fingerprint density at radius 3 is 2.35 bits per heavy atom. The van der Waals surface area contributed by atoms with Crippen molar-refractivity contribution in [3.8, 4) is 5.75 Å². The molecule has 0 aliphatic carbocycles. The quantitative estimate of drug-likeness (QED) is 0.793. The monoisotopic (exact) mass is 287 g/mol. The molecule has 2 nitrogen and oxygen atoms in total. The van der Waals surface area contributed by atoms with Crippen LogP contribution in [0.1, 0.15) is 34.1 Å². The van der Waals surface area contributed by atoms with E-state index in [0.717, 1.165) is 12.1 Å². The normalized spacial score (nSPS) is 24.6. The number of halogens is 3. The molecule has 1 aliphatic rings. The van der Waals surface area contributed by atoms with Crippen LogP contribution in [0.15, 0.2) is 24.3 Å². The summed E-state index contributed by atoms with van der Waals surface area (Å²) in [5, 5.41) is 0. The number of rotatable bonds is 3. The van der Waals surface area contributed by atoms with Gasteiger partial charge in [0, 0.05) is 6.42 Å². The minimum absolute atomic E-state index is 0.237. The summed E-state index contributed by atoms with van der Waals surface area (Å²) in [6.45, 7) is 2.68. The van der Waals surface area contributed by atoms with Crippen LogP contribution in [0.2, 0.25) is 0 Å². The highest BCUT2D eigenvalue weighted by molar-refractivity contribution is 6.73. The highest BCUT2D eigenvalue weighted by Crippen LogP contribution is 2.39. The Balaban J connectivity index is 2.19. The third kappa shape index (κ3) is 3.29. The zero-order valence-electron chi connectivity index (χ0n) is 12.1. The molecule has 1 atom stereocenters. The molecule has 1 unspecified atom stereocenters. The fourth-order valence-electron chi connectivity index (χ4n) is 2.65. The lowest BCUT2D eigenvalue weighted by atomic mass is 9.80. The van der Waals surface area contributed by atoms with Crippen molar-refractivity contribution in [2.45, 2.75) is 51.4 Å². The van der Waals surface area contributed by atoms with Gasteiger partial charge in [0.1, 0.15) is 17.5 Å². The summed E-state index contributed by atoms with van der Waals surface area (Å²) >= 11 is 0. The summed E-state index contributed by atoms with van der Waals surface area (Å²) in [6.07, 6.45) is 0.370. The van der Waals surface area contributed by atoms with Gasteiger partial charge in [-0.15, -0.1) is 5.46 Å². The van der Waals surface area contributed by atoms with Crippen molar-refractivity contribution in [2.75, 3.05) is 0 Å². The Morgan fingerprint density at radius 2 is 1.85 bits per heavy atom. The molecule has 1 aromatic rings. The molecule has 2 rings (SSSR count). The van der Waals surface area contributed by atoms with Crippen LogP contribution in [-0.4, -0.2) is 24.3 Å². The molecule has 1 aliphatic heterocycles. The van der Waals surface area contributed by atoms with E-state index in [4.69, 9.17) is 9.47 Å². The molecule has 1 fully saturated rings. The van der Waals surface area contributed by atoms with E-state index in [-0.39, 0.29) is 17.5 Å². The lowest BCUT2D eigenvalue weighted by molar-refractivity contribution is -0.0845. The van der Waals surface area contributed by atoms with Crippen LogP contribution in [0.3, 0.4) is 0 Å². The van der Waals surface area contributed by atoms with Crippen molar-refractivity contribution in [3.63, 3.8) is 0 Å². The molecule has 0 amide bonds. The Bertz CT molecular complexity index is 497. The Hall–Kier alpha value is -1.17. The fraction of sp³-hybridized carbons (Fsp3) is 0.571. The molecule has 1 aromatic carbocycles. The van der Waals surface area contributed by atoms with Crippen LogP contribution in [0.25, 0.3) is 0 Å². The smallest absolute Gasteiger partial charge is 0.487 e. The second-order valence-electron chi connectivity index (χ2n) is 6.42. The topological polar surface area (TPSA) is 18.5 Å². The summed E-state index contributed by atoms with van der Waals surface area (Å²) < 4.78 is 49.8. The maximum Gasteiger partial charge on any atom is 0.509 e. The first kappa shape index (κ1) is 15.2. The van der Waals surface area contributed by atoms with Crippen molar-refractivity contribution < 1.29 is 22.4 Å². The van der Waals surface area contributed by atoms with Crippen molar-refractivity contribution in [3.05, 3.63) is 24.3 Å². The van der Waals surface area contributed by atoms with Crippen molar-refractivity contribution in [1.29, 1.82) is 0 Å². The van der Waals surface area contributed by atoms with Gasteiger partial charge in [-0.25, -0.2) is 0 Å². The average molecular weight is 287 g/mol. The van der Waals surface area contributed by atoms with Gasteiger partial charge < -0.3 is 22.4 Å². The van der Waals surface area contributed by atoms with Gasteiger partial charge in [0.2, 0.25) is 0 Å². The van der Waals surface area contributed by atoms with E-state index in [0.29, 0.717) is 6.42 Å². The summed E-state index contributed by atoms with van der Waals surface area (Å²) in [7, 11) is 0. The van der Waals surface area contributed by atoms with E-state index in [9.17, 15) is 12.9 Å². The van der Waals surface area contributed by atoms with Gasteiger partial charge in [-0.3, -0.25) is 0 Å². The third-order valence-electron chi connectivity index (χ3n) is 3.51. The molecule has 0 saturated carbocycles. The van der Waals surface area contributed by atoms with Crippen LogP contribution in [0.5, 0.6) is 5.75 Å². The molecule has 6 heteroatoms. The van der Waals surface area contributed by atoms with E-state index >= 15 is 0 Å². The van der Waals surface area contributed by atoms with E-state index in [1.165, 1.54) is 6.07 Å². The highest BCUT2D eigenvalue weighted by atomic mass is 19.4. The van der Waals surface area contributed by atoms with Gasteiger partial charge in [-0.1, -0.05) is 12.1 Å². The summed E-state index contributed by atoms with van der Waals surface area (Å²) in [5.74, 6) is 0.237. The zero-order valence-corrected chi connectivity index (χ0v) is 12.1. The summed E-state index contributed by atoms with van der Waals surface area (Å²) in [4.78, 5) is 0. The van der Waals surface area contributed by atoms with Crippen molar-refractivity contribution in [2.24, 2.45) is 0 Å². The zero-order chi connectivity index (χ0) is 15.2. The van der Waals surface area contributed by atoms with Gasteiger partial charge in [-0.2, -0.15) is 0 Å².